The Morgan fingerprint density at radius 1 is 1.19 bits per heavy atom. The molecule has 2 fully saturated rings. The standard InChI is InChI=1S/C17H18F2N6O2/c18-17(19)5-3-9(4-6-17)25-14-12(7-21-25)15(26)23-13(22-14)10-1-2-11(10)16-24-20-8-27-16/h7-11H,1-6H2,(H,22,23,26)/t10?,11-/m0/s1. The van der Waals surface area contributed by atoms with Gasteiger partial charge in [-0.25, -0.2) is 18.4 Å². The van der Waals surface area contributed by atoms with E-state index >= 15 is 0 Å². The van der Waals surface area contributed by atoms with E-state index in [0.29, 0.717) is 35.6 Å². The molecule has 3 heterocycles. The quantitative estimate of drug-likeness (QED) is 0.754. The smallest absolute Gasteiger partial charge is 0.262 e. The molecule has 1 N–H and O–H groups in total. The molecule has 5 rings (SSSR count). The third-order valence-corrected chi connectivity index (χ3v) is 5.83. The van der Waals surface area contributed by atoms with Crippen LogP contribution in [0.15, 0.2) is 21.8 Å². The summed E-state index contributed by atoms with van der Waals surface area (Å²) in [6, 6.07) is -0.169. The molecule has 3 aromatic rings. The number of rotatable bonds is 3. The van der Waals surface area contributed by atoms with Gasteiger partial charge in [-0.1, -0.05) is 0 Å². The van der Waals surface area contributed by atoms with E-state index in [-0.39, 0.29) is 36.3 Å². The van der Waals surface area contributed by atoms with Crippen LogP contribution >= 0.6 is 0 Å². The maximum atomic E-state index is 13.5. The number of hydrogen-bond acceptors (Lipinski definition) is 6. The zero-order valence-corrected chi connectivity index (χ0v) is 14.4. The molecule has 2 aliphatic carbocycles. The van der Waals surface area contributed by atoms with Crippen LogP contribution in [-0.4, -0.2) is 35.9 Å². The van der Waals surface area contributed by atoms with Gasteiger partial charge in [0, 0.05) is 24.7 Å². The van der Waals surface area contributed by atoms with Gasteiger partial charge in [-0.05, 0) is 25.7 Å². The number of aromatic nitrogens is 6. The summed E-state index contributed by atoms with van der Waals surface area (Å²) in [6.45, 7) is 0. The first-order chi connectivity index (χ1) is 13.0. The van der Waals surface area contributed by atoms with E-state index in [9.17, 15) is 13.6 Å². The summed E-state index contributed by atoms with van der Waals surface area (Å²) in [5.74, 6) is -1.50. The van der Waals surface area contributed by atoms with Crippen LogP contribution in [0.3, 0.4) is 0 Å². The van der Waals surface area contributed by atoms with E-state index in [4.69, 9.17) is 4.42 Å². The molecule has 0 aromatic carbocycles. The van der Waals surface area contributed by atoms with E-state index in [1.807, 2.05) is 0 Å². The molecule has 0 saturated heterocycles. The molecule has 2 saturated carbocycles. The van der Waals surface area contributed by atoms with Gasteiger partial charge in [0.2, 0.25) is 18.2 Å². The average molecular weight is 376 g/mol. The lowest BCUT2D eigenvalue weighted by atomic mass is 9.73. The number of nitrogens with zero attached hydrogens (tertiary/aromatic N) is 5. The molecule has 10 heteroatoms. The monoisotopic (exact) mass is 376 g/mol. The average Bonchev–Trinajstić information content (AvgIpc) is 3.24. The van der Waals surface area contributed by atoms with Crippen LogP contribution < -0.4 is 5.56 Å². The lowest BCUT2D eigenvalue weighted by Crippen LogP contribution is -2.28. The van der Waals surface area contributed by atoms with Crippen LogP contribution in [0, 0.1) is 0 Å². The first-order valence-electron chi connectivity index (χ1n) is 9.13. The zero-order chi connectivity index (χ0) is 18.6. The second kappa shape index (κ2) is 5.93. The largest absolute Gasteiger partial charge is 0.428 e. The van der Waals surface area contributed by atoms with Crippen molar-refractivity contribution in [3.05, 3.63) is 34.7 Å². The zero-order valence-electron chi connectivity index (χ0n) is 14.4. The summed E-state index contributed by atoms with van der Waals surface area (Å²) in [6.07, 6.45) is 4.79. The van der Waals surface area contributed by atoms with Crippen molar-refractivity contribution in [3.63, 3.8) is 0 Å². The summed E-state index contributed by atoms with van der Waals surface area (Å²) in [5, 5.41) is 12.4. The second-order valence-corrected chi connectivity index (χ2v) is 7.43. The van der Waals surface area contributed by atoms with Crippen molar-refractivity contribution in [3.8, 4) is 0 Å². The van der Waals surface area contributed by atoms with Crippen LogP contribution in [-0.2, 0) is 0 Å². The molecule has 8 nitrogen and oxygen atoms in total. The maximum Gasteiger partial charge on any atom is 0.262 e. The normalized spacial score (nSPS) is 25.6. The van der Waals surface area contributed by atoms with Gasteiger partial charge in [-0.15, -0.1) is 10.2 Å². The molecule has 2 atom stereocenters. The number of aromatic amines is 1. The topological polar surface area (TPSA) is 102 Å². The maximum absolute atomic E-state index is 13.5. The van der Waals surface area contributed by atoms with Crippen LogP contribution in [0.1, 0.15) is 68.1 Å². The molecule has 0 bridgehead atoms. The molecule has 0 amide bonds. The second-order valence-electron chi connectivity index (χ2n) is 7.43. The van der Waals surface area contributed by atoms with E-state index in [1.165, 1.54) is 12.6 Å². The number of nitrogens with one attached hydrogen (secondary N) is 1. The highest BCUT2D eigenvalue weighted by atomic mass is 19.3. The Labute approximate surface area is 152 Å². The molecular weight excluding hydrogens is 358 g/mol. The highest BCUT2D eigenvalue weighted by Gasteiger charge is 2.39. The summed E-state index contributed by atoms with van der Waals surface area (Å²) < 4.78 is 33.9. The van der Waals surface area contributed by atoms with Crippen molar-refractivity contribution in [1.82, 2.24) is 29.9 Å². The van der Waals surface area contributed by atoms with Crippen LogP contribution in [0.25, 0.3) is 11.0 Å². The summed E-state index contributed by atoms with van der Waals surface area (Å²) in [7, 11) is 0. The fraction of sp³-hybridized carbons (Fsp3) is 0.588. The molecule has 0 radical (unpaired) electrons. The summed E-state index contributed by atoms with van der Waals surface area (Å²) in [4.78, 5) is 20.0. The highest BCUT2D eigenvalue weighted by Crippen LogP contribution is 2.47. The Hall–Kier alpha value is -2.65. The van der Waals surface area contributed by atoms with Crippen molar-refractivity contribution in [2.45, 2.75) is 62.3 Å². The Bertz CT molecular complexity index is 1020. The van der Waals surface area contributed by atoms with Crippen LogP contribution in [0.5, 0.6) is 0 Å². The first-order valence-corrected chi connectivity index (χ1v) is 9.13. The Kier molecular flexibility index (Phi) is 3.63. The van der Waals surface area contributed by atoms with Crippen molar-refractivity contribution in [2.24, 2.45) is 0 Å². The summed E-state index contributed by atoms with van der Waals surface area (Å²) >= 11 is 0. The highest BCUT2D eigenvalue weighted by molar-refractivity contribution is 5.73. The predicted molar refractivity (Wildman–Crippen MR) is 89.6 cm³/mol. The van der Waals surface area contributed by atoms with Gasteiger partial charge < -0.3 is 9.40 Å². The number of hydrogen-bond donors (Lipinski definition) is 1. The predicted octanol–water partition coefficient (Wildman–Crippen LogP) is 2.91. The van der Waals surface area contributed by atoms with Crippen LogP contribution in [0.2, 0.25) is 0 Å². The van der Waals surface area contributed by atoms with Crippen molar-refractivity contribution >= 4 is 11.0 Å². The molecule has 2 aliphatic rings. The third kappa shape index (κ3) is 2.74. The summed E-state index contributed by atoms with van der Waals surface area (Å²) in [5.41, 5.74) is 0.193. The number of alkyl halides is 2. The lowest BCUT2D eigenvalue weighted by molar-refractivity contribution is -0.0446. The minimum Gasteiger partial charge on any atom is -0.428 e. The van der Waals surface area contributed by atoms with Crippen LogP contribution in [0.4, 0.5) is 8.78 Å². The molecule has 27 heavy (non-hydrogen) atoms. The van der Waals surface area contributed by atoms with E-state index in [2.05, 4.69) is 25.3 Å². The third-order valence-electron chi connectivity index (χ3n) is 5.83. The van der Waals surface area contributed by atoms with E-state index in [1.54, 1.807) is 4.68 Å². The molecular formula is C17H18F2N6O2. The molecule has 1 unspecified atom stereocenters. The van der Waals surface area contributed by atoms with Crippen molar-refractivity contribution in [1.29, 1.82) is 0 Å². The van der Waals surface area contributed by atoms with E-state index in [0.717, 1.165) is 12.8 Å². The number of halogens is 2. The van der Waals surface area contributed by atoms with Crippen molar-refractivity contribution in [2.75, 3.05) is 0 Å². The van der Waals surface area contributed by atoms with Gasteiger partial charge in [0.15, 0.2) is 5.65 Å². The van der Waals surface area contributed by atoms with E-state index < -0.39 is 5.92 Å². The Morgan fingerprint density at radius 3 is 2.63 bits per heavy atom. The number of fused-ring (bicyclic) bond motifs is 1. The fourth-order valence-corrected chi connectivity index (χ4v) is 4.13. The fourth-order valence-electron chi connectivity index (χ4n) is 4.13. The molecule has 0 spiro atoms. The molecule has 3 aromatic heterocycles. The van der Waals surface area contributed by atoms with Gasteiger partial charge in [0.25, 0.3) is 5.56 Å². The molecule has 0 aliphatic heterocycles. The number of H-pyrrole nitrogens is 1. The lowest BCUT2D eigenvalue weighted by Gasteiger charge is -2.33. The van der Waals surface area contributed by atoms with Gasteiger partial charge >= 0.3 is 0 Å². The Morgan fingerprint density at radius 2 is 1.96 bits per heavy atom. The van der Waals surface area contributed by atoms with Gasteiger partial charge in [-0.3, -0.25) is 4.79 Å². The first kappa shape index (κ1) is 16.5. The van der Waals surface area contributed by atoms with Crippen molar-refractivity contribution < 1.29 is 13.2 Å². The SMILES string of the molecule is O=c1[nH]c(C2CC[C@@H]2c2nnco2)nc2c1cnn2C1CCC(F)(F)CC1. The molecule has 142 valence electrons. The minimum absolute atomic E-state index is 0.0124. The minimum atomic E-state index is -2.61. The Balaban J connectivity index is 1.50. The van der Waals surface area contributed by atoms with Gasteiger partial charge in [0.05, 0.1) is 12.2 Å². The van der Waals surface area contributed by atoms with Gasteiger partial charge in [0.1, 0.15) is 11.2 Å². The van der Waals surface area contributed by atoms with Gasteiger partial charge in [-0.2, -0.15) is 5.10 Å².